The molecule has 5 nitrogen and oxygen atoms in total. The van der Waals surface area contributed by atoms with Gasteiger partial charge in [-0.15, -0.1) is 0 Å². The van der Waals surface area contributed by atoms with Gasteiger partial charge in [-0.25, -0.2) is 5.48 Å². The second kappa shape index (κ2) is 5.79. The van der Waals surface area contributed by atoms with E-state index in [0.29, 0.717) is 6.54 Å². The number of anilines is 1. The van der Waals surface area contributed by atoms with Crippen molar-refractivity contribution in [1.29, 1.82) is 0 Å². The highest BCUT2D eigenvalue weighted by Crippen LogP contribution is 2.10. The summed E-state index contributed by atoms with van der Waals surface area (Å²) in [7, 11) is 0. The van der Waals surface area contributed by atoms with Crippen LogP contribution in [-0.4, -0.2) is 16.1 Å². The summed E-state index contributed by atoms with van der Waals surface area (Å²) in [5.41, 5.74) is 3.63. The quantitative estimate of drug-likeness (QED) is 0.565. The van der Waals surface area contributed by atoms with Gasteiger partial charge in [0.15, 0.2) is 0 Å². The van der Waals surface area contributed by atoms with Gasteiger partial charge in [-0.3, -0.25) is 15.0 Å². The van der Waals surface area contributed by atoms with E-state index in [0.717, 1.165) is 11.3 Å². The lowest BCUT2D eigenvalue weighted by atomic mass is 10.2. The number of nitrogens with zero attached hydrogens (tertiary/aromatic N) is 1. The molecule has 0 radical (unpaired) electrons. The third kappa shape index (κ3) is 3.05. The van der Waals surface area contributed by atoms with Crippen LogP contribution in [0.1, 0.15) is 16.1 Å². The van der Waals surface area contributed by atoms with Gasteiger partial charge in [-0.1, -0.05) is 30.3 Å². The Labute approximate surface area is 104 Å². The zero-order valence-corrected chi connectivity index (χ0v) is 9.63. The summed E-state index contributed by atoms with van der Waals surface area (Å²) in [6, 6.07) is 13.2. The molecule has 0 aliphatic carbocycles. The van der Waals surface area contributed by atoms with Crippen LogP contribution in [0.4, 0.5) is 5.69 Å². The summed E-state index contributed by atoms with van der Waals surface area (Å²) in [5.74, 6) is -0.627. The molecule has 5 heteroatoms. The largest absolute Gasteiger partial charge is 0.381 e. The number of benzene rings is 1. The molecule has 0 saturated heterocycles. The van der Waals surface area contributed by atoms with Crippen molar-refractivity contribution >= 4 is 11.6 Å². The molecule has 0 fully saturated rings. The van der Waals surface area contributed by atoms with E-state index in [2.05, 4.69) is 10.3 Å². The Morgan fingerprint density at radius 1 is 1.22 bits per heavy atom. The smallest absolute Gasteiger partial charge is 0.293 e. The molecule has 3 N–H and O–H groups in total. The molecule has 0 atom stereocenters. The van der Waals surface area contributed by atoms with Crippen molar-refractivity contribution in [2.24, 2.45) is 0 Å². The van der Waals surface area contributed by atoms with Crippen LogP contribution in [0, 0.1) is 0 Å². The molecule has 0 saturated carbocycles. The van der Waals surface area contributed by atoms with Crippen LogP contribution in [0.25, 0.3) is 0 Å². The number of aromatic nitrogens is 1. The minimum absolute atomic E-state index is 0.163. The van der Waals surface area contributed by atoms with Gasteiger partial charge in [-0.05, 0) is 17.7 Å². The Morgan fingerprint density at radius 2 is 2.00 bits per heavy atom. The maximum Gasteiger partial charge on any atom is 0.293 e. The standard InChI is InChI=1S/C13H13N3O2/c17-13(16-18)12-8-11(6-7-14-12)15-9-10-4-2-1-3-5-10/h1-8,18H,9H2,(H,14,15)(H,16,17). The van der Waals surface area contributed by atoms with Crippen molar-refractivity contribution in [3.8, 4) is 0 Å². The second-order valence-corrected chi connectivity index (χ2v) is 3.71. The molecule has 0 bridgehead atoms. The molecular formula is C13H13N3O2. The zero-order valence-electron chi connectivity index (χ0n) is 9.63. The lowest BCUT2D eigenvalue weighted by Gasteiger charge is -2.07. The molecule has 18 heavy (non-hydrogen) atoms. The molecule has 0 spiro atoms. The molecular weight excluding hydrogens is 230 g/mol. The highest BCUT2D eigenvalue weighted by Gasteiger charge is 2.05. The number of carbonyl (C=O) groups excluding carboxylic acids is 1. The Morgan fingerprint density at radius 3 is 2.72 bits per heavy atom. The first-order valence-electron chi connectivity index (χ1n) is 5.48. The maximum absolute atomic E-state index is 11.2. The van der Waals surface area contributed by atoms with Gasteiger partial charge in [0.2, 0.25) is 0 Å². The summed E-state index contributed by atoms with van der Waals surface area (Å²) in [4.78, 5) is 15.0. The fourth-order valence-corrected chi connectivity index (χ4v) is 1.52. The van der Waals surface area contributed by atoms with Crippen LogP contribution in [0.15, 0.2) is 48.7 Å². The van der Waals surface area contributed by atoms with Crippen molar-refractivity contribution in [1.82, 2.24) is 10.5 Å². The Bertz CT molecular complexity index is 529. The van der Waals surface area contributed by atoms with Crippen LogP contribution in [0.2, 0.25) is 0 Å². The molecule has 0 aliphatic rings. The van der Waals surface area contributed by atoms with E-state index in [-0.39, 0.29) is 5.69 Å². The highest BCUT2D eigenvalue weighted by molar-refractivity contribution is 5.92. The summed E-state index contributed by atoms with van der Waals surface area (Å²) < 4.78 is 0. The maximum atomic E-state index is 11.2. The van der Waals surface area contributed by atoms with Crippen molar-refractivity contribution < 1.29 is 10.0 Å². The van der Waals surface area contributed by atoms with Gasteiger partial charge >= 0.3 is 0 Å². The van der Waals surface area contributed by atoms with Gasteiger partial charge < -0.3 is 5.32 Å². The SMILES string of the molecule is O=C(NO)c1cc(NCc2ccccc2)ccn1. The predicted molar refractivity (Wildman–Crippen MR) is 67.3 cm³/mol. The van der Waals surface area contributed by atoms with E-state index >= 15 is 0 Å². The fraction of sp³-hybridized carbons (Fsp3) is 0.0769. The van der Waals surface area contributed by atoms with Crippen molar-refractivity contribution in [3.05, 3.63) is 59.9 Å². The minimum Gasteiger partial charge on any atom is -0.381 e. The highest BCUT2D eigenvalue weighted by atomic mass is 16.5. The summed E-state index contributed by atoms with van der Waals surface area (Å²) in [6.07, 6.45) is 1.51. The van der Waals surface area contributed by atoms with Crippen LogP contribution < -0.4 is 10.8 Å². The second-order valence-electron chi connectivity index (χ2n) is 3.71. The topological polar surface area (TPSA) is 74.2 Å². The lowest BCUT2D eigenvalue weighted by Crippen LogP contribution is -2.20. The zero-order chi connectivity index (χ0) is 12.8. The van der Waals surface area contributed by atoms with Crippen LogP contribution in [-0.2, 0) is 6.54 Å². The first-order valence-corrected chi connectivity index (χ1v) is 5.48. The predicted octanol–water partition coefficient (Wildman–Crippen LogP) is 1.81. The number of hydrogen-bond donors (Lipinski definition) is 3. The number of amides is 1. The van der Waals surface area contributed by atoms with Gasteiger partial charge in [-0.2, -0.15) is 0 Å². The number of hydrogen-bond acceptors (Lipinski definition) is 4. The fourth-order valence-electron chi connectivity index (χ4n) is 1.52. The van der Waals surface area contributed by atoms with Gasteiger partial charge in [0.25, 0.3) is 5.91 Å². The van der Waals surface area contributed by atoms with Crippen LogP contribution in [0.3, 0.4) is 0 Å². The minimum atomic E-state index is -0.627. The summed E-state index contributed by atoms with van der Waals surface area (Å²) in [5, 5.41) is 11.7. The molecule has 92 valence electrons. The van der Waals surface area contributed by atoms with E-state index in [1.165, 1.54) is 6.20 Å². The van der Waals surface area contributed by atoms with Crippen molar-refractivity contribution in [3.63, 3.8) is 0 Å². The van der Waals surface area contributed by atoms with Gasteiger partial charge in [0.1, 0.15) is 5.69 Å². The van der Waals surface area contributed by atoms with E-state index in [1.807, 2.05) is 30.3 Å². The number of hydroxylamine groups is 1. The third-order valence-electron chi connectivity index (χ3n) is 2.43. The third-order valence-corrected chi connectivity index (χ3v) is 2.43. The molecule has 2 rings (SSSR count). The Hall–Kier alpha value is -2.40. The molecule has 0 unspecified atom stereocenters. The molecule has 1 heterocycles. The number of rotatable bonds is 4. The van der Waals surface area contributed by atoms with Crippen molar-refractivity contribution in [2.75, 3.05) is 5.32 Å². The van der Waals surface area contributed by atoms with Gasteiger partial charge in [0.05, 0.1) is 0 Å². The average molecular weight is 243 g/mol. The van der Waals surface area contributed by atoms with E-state index in [1.54, 1.807) is 17.6 Å². The number of nitrogens with one attached hydrogen (secondary N) is 2. The molecule has 2 aromatic rings. The first-order chi connectivity index (χ1) is 8.79. The average Bonchev–Trinajstić information content (AvgIpc) is 2.45. The van der Waals surface area contributed by atoms with Crippen molar-refractivity contribution in [2.45, 2.75) is 6.54 Å². The van der Waals surface area contributed by atoms with E-state index < -0.39 is 5.91 Å². The molecule has 1 aromatic heterocycles. The number of pyridine rings is 1. The Kier molecular flexibility index (Phi) is 3.88. The van der Waals surface area contributed by atoms with E-state index in [4.69, 9.17) is 5.21 Å². The van der Waals surface area contributed by atoms with Gasteiger partial charge in [0, 0.05) is 18.4 Å². The van der Waals surface area contributed by atoms with Crippen LogP contribution in [0.5, 0.6) is 0 Å². The van der Waals surface area contributed by atoms with Crippen LogP contribution >= 0.6 is 0 Å². The molecule has 0 aliphatic heterocycles. The molecule has 1 aromatic carbocycles. The summed E-state index contributed by atoms with van der Waals surface area (Å²) >= 11 is 0. The first kappa shape index (κ1) is 12.1. The lowest BCUT2D eigenvalue weighted by molar-refractivity contribution is 0.0701. The monoisotopic (exact) mass is 243 g/mol. The van der Waals surface area contributed by atoms with E-state index in [9.17, 15) is 4.79 Å². The Balaban J connectivity index is 2.04. The normalized spacial score (nSPS) is 9.83. The number of carbonyl (C=O) groups is 1. The summed E-state index contributed by atoms with van der Waals surface area (Å²) in [6.45, 7) is 0.658. The molecule has 1 amide bonds.